The normalized spacial score (nSPS) is 9.93. The second kappa shape index (κ2) is 5.50. The fraction of sp³-hybridized carbons (Fsp3) is 0.455. The average Bonchev–Trinajstić information content (AvgIpc) is 2.26. The summed E-state index contributed by atoms with van der Waals surface area (Å²) in [6, 6.07) is 8.11. The first-order valence-electron chi connectivity index (χ1n) is 4.92. The average molecular weight is 195 g/mol. The molecule has 0 aromatic heterocycles. The van der Waals surface area contributed by atoms with Gasteiger partial charge in [0.05, 0.1) is 13.7 Å². The van der Waals surface area contributed by atoms with Gasteiger partial charge in [-0.05, 0) is 24.3 Å². The summed E-state index contributed by atoms with van der Waals surface area (Å²) in [4.78, 5) is 2.23. The van der Waals surface area contributed by atoms with Gasteiger partial charge in [-0.25, -0.2) is 0 Å². The standard InChI is InChI=1S/C11H18N2O/c1-13(9-3-8-12)10-4-6-11(14-2)7-5-10/h4-7H,3,8-9,12H2,1-2H3/p+1. The largest absolute Gasteiger partial charge is 0.497 e. The van der Waals surface area contributed by atoms with Crippen molar-refractivity contribution >= 4 is 5.69 Å². The number of methoxy groups -OCH3 is 1. The number of rotatable bonds is 5. The maximum absolute atomic E-state index is 5.10. The van der Waals surface area contributed by atoms with Crippen LogP contribution in [0.3, 0.4) is 0 Å². The van der Waals surface area contributed by atoms with E-state index in [1.165, 1.54) is 5.69 Å². The van der Waals surface area contributed by atoms with Gasteiger partial charge in [0.2, 0.25) is 0 Å². The number of nitrogens with zero attached hydrogens (tertiary/aromatic N) is 1. The molecule has 0 amide bonds. The van der Waals surface area contributed by atoms with E-state index in [0.717, 1.165) is 25.3 Å². The van der Waals surface area contributed by atoms with Gasteiger partial charge in [0.15, 0.2) is 0 Å². The quantitative estimate of drug-likeness (QED) is 0.753. The molecule has 0 aliphatic heterocycles. The van der Waals surface area contributed by atoms with E-state index >= 15 is 0 Å². The number of quaternary nitrogens is 1. The number of anilines is 1. The fourth-order valence-corrected chi connectivity index (χ4v) is 1.31. The molecule has 0 heterocycles. The highest BCUT2D eigenvalue weighted by Gasteiger charge is 2.00. The minimum absolute atomic E-state index is 0.902. The van der Waals surface area contributed by atoms with Crippen molar-refractivity contribution in [2.45, 2.75) is 6.42 Å². The summed E-state index contributed by atoms with van der Waals surface area (Å²) in [6.45, 7) is 2.04. The first kappa shape index (κ1) is 10.9. The molecule has 0 saturated heterocycles. The van der Waals surface area contributed by atoms with E-state index in [1.807, 2.05) is 12.1 Å². The first-order chi connectivity index (χ1) is 6.77. The molecule has 0 spiro atoms. The van der Waals surface area contributed by atoms with Crippen molar-refractivity contribution in [3.63, 3.8) is 0 Å². The third-order valence-corrected chi connectivity index (χ3v) is 2.26. The topological polar surface area (TPSA) is 40.1 Å². The van der Waals surface area contributed by atoms with Gasteiger partial charge in [0.1, 0.15) is 5.75 Å². The number of benzene rings is 1. The van der Waals surface area contributed by atoms with Gasteiger partial charge in [-0.15, -0.1) is 0 Å². The summed E-state index contributed by atoms with van der Waals surface area (Å²) in [5.41, 5.74) is 5.05. The van der Waals surface area contributed by atoms with Crippen LogP contribution in [0.1, 0.15) is 6.42 Å². The molecule has 0 unspecified atom stereocenters. The van der Waals surface area contributed by atoms with E-state index in [0.29, 0.717) is 0 Å². The lowest BCUT2D eigenvalue weighted by Gasteiger charge is -2.18. The van der Waals surface area contributed by atoms with Crippen LogP contribution in [-0.2, 0) is 0 Å². The van der Waals surface area contributed by atoms with Gasteiger partial charge < -0.3 is 15.4 Å². The van der Waals surface area contributed by atoms with Crippen LogP contribution in [0, 0.1) is 0 Å². The van der Waals surface area contributed by atoms with Crippen LogP contribution in [0.4, 0.5) is 5.69 Å². The third-order valence-electron chi connectivity index (χ3n) is 2.26. The molecular formula is C11H19N2O+. The Morgan fingerprint density at radius 1 is 1.29 bits per heavy atom. The van der Waals surface area contributed by atoms with E-state index in [2.05, 4.69) is 29.8 Å². The number of hydrogen-bond donors (Lipinski definition) is 1. The third kappa shape index (κ3) is 2.92. The number of hydrogen-bond acceptors (Lipinski definition) is 2. The molecule has 3 nitrogen and oxygen atoms in total. The van der Waals surface area contributed by atoms with Gasteiger partial charge in [-0.1, -0.05) is 0 Å². The van der Waals surface area contributed by atoms with E-state index in [1.54, 1.807) is 7.11 Å². The Hall–Kier alpha value is -1.22. The molecule has 3 N–H and O–H groups in total. The highest BCUT2D eigenvalue weighted by molar-refractivity contribution is 5.48. The van der Waals surface area contributed by atoms with Gasteiger partial charge in [-0.3, -0.25) is 0 Å². The van der Waals surface area contributed by atoms with Crippen molar-refractivity contribution in [1.82, 2.24) is 0 Å². The lowest BCUT2D eigenvalue weighted by Crippen LogP contribution is -2.51. The van der Waals surface area contributed by atoms with Crippen molar-refractivity contribution in [2.75, 3.05) is 32.1 Å². The highest BCUT2D eigenvalue weighted by atomic mass is 16.5. The Morgan fingerprint density at radius 3 is 2.43 bits per heavy atom. The van der Waals surface area contributed by atoms with E-state index < -0.39 is 0 Å². The van der Waals surface area contributed by atoms with Crippen LogP contribution >= 0.6 is 0 Å². The molecule has 3 heteroatoms. The predicted octanol–water partition coefficient (Wildman–Crippen LogP) is 0.763. The molecule has 0 bridgehead atoms. The van der Waals surface area contributed by atoms with Crippen LogP contribution in [0.15, 0.2) is 24.3 Å². The summed E-state index contributed by atoms with van der Waals surface area (Å²) in [7, 11) is 3.78. The Morgan fingerprint density at radius 2 is 1.93 bits per heavy atom. The molecular weight excluding hydrogens is 176 g/mol. The van der Waals surface area contributed by atoms with Crippen LogP contribution in [0.2, 0.25) is 0 Å². The second-order valence-electron chi connectivity index (χ2n) is 3.33. The minimum Gasteiger partial charge on any atom is -0.497 e. The van der Waals surface area contributed by atoms with Crippen LogP contribution < -0.4 is 15.4 Å². The highest BCUT2D eigenvalue weighted by Crippen LogP contribution is 2.17. The zero-order valence-electron chi connectivity index (χ0n) is 8.99. The molecule has 1 aromatic carbocycles. The molecule has 0 radical (unpaired) electrons. The van der Waals surface area contributed by atoms with Crippen LogP contribution in [0.5, 0.6) is 5.75 Å². The second-order valence-corrected chi connectivity index (χ2v) is 3.33. The van der Waals surface area contributed by atoms with Crippen molar-refractivity contribution in [2.24, 2.45) is 0 Å². The summed E-state index contributed by atoms with van der Waals surface area (Å²) in [6.07, 6.45) is 1.13. The first-order valence-corrected chi connectivity index (χ1v) is 4.92. The summed E-state index contributed by atoms with van der Waals surface area (Å²) < 4.78 is 5.10. The monoisotopic (exact) mass is 195 g/mol. The zero-order valence-corrected chi connectivity index (χ0v) is 8.99. The Labute approximate surface area is 85.5 Å². The zero-order chi connectivity index (χ0) is 10.4. The lowest BCUT2D eigenvalue weighted by atomic mass is 10.2. The predicted molar refractivity (Wildman–Crippen MR) is 58.6 cm³/mol. The summed E-state index contributed by atoms with van der Waals surface area (Å²) in [5, 5.41) is 0. The molecule has 14 heavy (non-hydrogen) atoms. The van der Waals surface area contributed by atoms with Crippen molar-refractivity contribution in [3.05, 3.63) is 24.3 Å². The van der Waals surface area contributed by atoms with Crippen molar-refractivity contribution < 1.29 is 10.5 Å². The smallest absolute Gasteiger partial charge is 0.119 e. The lowest BCUT2D eigenvalue weighted by molar-refractivity contribution is -0.367. The molecule has 0 aliphatic carbocycles. The molecule has 0 fully saturated rings. The fourth-order valence-electron chi connectivity index (χ4n) is 1.31. The van der Waals surface area contributed by atoms with E-state index in [4.69, 9.17) is 4.74 Å². The molecule has 0 atom stereocenters. The van der Waals surface area contributed by atoms with E-state index in [-0.39, 0.29) is 0 Å². The summed E-state index contributed by atoms with van der Waals surface area (Å²) in [5.74, 6) is 0.902. The molecule has 78 valence electrons. The van der Waals surface area contributed by atoms with E-state index in [9.17, 15) is 0 Å². The Balaban J connectivity index is 2.57. The molecule has 0 aliphatic rings. The number of ether oxygens (including phenoxy) is 1. The molecule has 0 saturated carbocycles. The Kier molecular flexibility index (Phi) is 4.26. The van der Waals surface area contributed by atoms with Gasteiger partial charge in [0, 0.05) is 25.7 Å². The Bertz CT molecular complexity index is 258. The maximum Gasteiger partial charge on any atom is 0.119 e. The van der Waals surface area contributed by atoms with Gasteiger partial charge in [0.25, 0.3) is 0 Å². The van der Waals surface area contributed by atoms with Gasteiger partial charge >= 0.3 is 0 Å². The van der Waals surface area contributed by atoms with Crippen LogP contribution in [-0.4, -0.2) is 27.2 Å². The molecule has 1 aromatic rings. The molecule has 1 rings (SSSR count). The van der Waals surface area contributed by atoms with Crippen LogP contribution in [0.25, 0.3) is 0 Å². The summed E-state index contributed by atoms with van der Waals surface area (Å²) >= 11 is 0. The van der Waals surface area contributed by atoms with Gasteiger partial charge in [-0.2, -0.15) is 0 Å². The SMILES string of the molecule is COc1ccc(N(C)CCC[NH3+])cc1. The van der Waals surface area contributed by atoms with Crippen molar-refractivity contribution in [3.8, 4) is 5.75 Å². The van der Waals surface area contributed by atoms with Crippen molar-refractivity contribution in [1.29, 1.82) is 0 Å². The maximum atomic E-state index is 5.10. The minimum atomic E-state index is 0.902.